The first-order valence-electron chi connectivity index (χ1n) is 9.88. The molecule has 1 saturated heterocycles. The van der Waals surface area contributed by atoms with Crippen molar-refractivity contribution in [3.63, 3.8) is 0 Å². The molecule has 0 bridgehead atoms. The van der Waals surface area contributed by atoms with Crippen LogP contribution in [0.2, 0.25) is 0 Å². The van der Waals surface area contributed by atoms with Crippen LogP contribution in [0.1, 0.15) is 16.7 Å². The van der Waals surface area contributed by atoms with E-state index in [9.17, 15) is 14.9 Å². The average Bonchev–Trinajstić information content (AvgIpc) is 3.20. The molecule has 1 N–H and O–H groups in total. The van der Waals surface area contributed by atoms with Crippen molar-refractivity contribution in [2.24, 2.45) is 0 Å². The highest BCUT2D eigenvalue weighted by Crippen LogP contribution is 2.25. The van der Waals surface area contributed by atoms with Gasteiger partial charge in [0.05, 0.1) is 37.7 Å². The zero-order chi connectivity index (χ0) is 20.2. The number of fused-ring (bicyclic) bond motifs is 1. The summed E-state index contributed by atoms with van der Waals surface area (Å²) in [5.41, 5.74) is 3.28. The van der Waals surface area contributed by atoms with E-state index >= 15 is 0 Å². The summed E-state index contributed by atoms with van der Waals surface area (Å²) in [6.45, 7) is 4.96. The van der Waals surface area contributed by atoms with Crippen molar-refractivity contribution in [2.75, 3.05) is 32.8 Å². The summed E-state index contributed by atoms with van der Waals surface area (Å²) >= 11 is 0. The first-order valence-corrected chi connectivity index (χ1v) is 9.88. The summed E-state index contributed by atoms with van der Waals surface area (Å²) in [7, 11) is 0. The third-order valence-electron chi connectivity index (χ3n) is 5.49. The van der Waals surface area contributed by atoms with Gasteiger partial charge >= 0.3 is 0 Å². The van der Waals surface area contributed by atoms with Crippen LogP contribution in [0.5, 0.6) is 5.75 Å². The van der Waals surface area contributed by atoms with Crippen molar-refractivity contribution in [1.29, 1.82) is 0 Å². The zero-order valence-corrected chi connectivity index (χ0v) is 16.2. The van der Waals surface area contributed by atoms with Crippen LogP contribution in [0.4, 0.5) is 5.69 Å². The van der Waals surface area contributed by atoms with Crippen LogP contribution in [-0.4, -0.2) is 48.5 Å². The normalized spacial score (nSPS) is 16.6. The van der Waals surface area contributed by atoms with Crippen molar-refractivity contribution in [1.82, 2.24) is 4.90 Å². The maximum absolute atomic E-state index is 12.5. The SMILES string of the molecule is O=C(/C=C/c1cccc([N+](=O)[O-])c1)N1CC[NH+](Cc2ccc3c(c2)CCO3)CC1. The van der Waals surface area contributed by atoms with E-state index in [2.05, 4.69) is 18.2 Å². The van der Waals surface area contributed by atoms with Crippen LogP contribution in [0.15, 0.2) is 48.5 Å². The minimum Gasteiger partial charge on any atom is -0.493 e. The molecule has 0 spiro atoms. The van der Waals surface area contributed by atoms with Crippen molar-refractivity contribution in [3.8, 4) is 5.75 Å². The van der Waals surface area contributed by atoms with Gasteiger partial charge in [-0.15, -0.1) is 0 Å². The van der Waals surface area contributed by atoms with Crippen LogP contribution >= 0.6 is 0 Å². The fraction of sp³-hybridized carbons (Fsp3) is 0.318. The fourth-order valence-electron chi connectivity index (χ4n) is 3.87. The Kier molecular flexibility index (Phi) is 5.57. The predicted molar refractivity (Wildman–Crippen MR) is 109 cm³/mol. The maximum atomic E-state index is 12.5. The van der Waals surface area contributed by atoms with Gasteiger partial charge in [-0.2, -0.15) is 0 Å². The molecule has 150 valence electrons. The second kappa shape index (κ2) is 8.45. The lowest BCUT2D eigenvalue weighted by Crippen LogP contribution is -3.13. The molecule has 0 radical (unpaired) electrons. The van der Waals surface area contributed by atoms with Gasteiger partial charge in [0.25, 0.3) is 5.69 Å². The van der Waals surface area contributed by atoms with Gasteiger partial charge in [0.1, 0.15) is 12.3 Å². The Morgan fingerprint density at radius 2 is 2.03 bits per heavy atom. The molecular weight excluding hydrogens is 370 g/mol. The van der Waals surface area contributed by atoms with Crippen molar-refractivity contribution in [3.05, 3.63) is 75.3 Å². The molecule has 7 nitrogen and oxygen atoms in total. The summed E-state index contributed by atoms with van der Waals surface area (Å²) in [6, 6.07) is 12.7. The van der Waals surface area contributed by atoms with E-state index in [0.717, 1.165) is 38.4 Å². The number of nitro groups is 1. The Hall–Kier alpha value is -3.19. The Morgan fingerprint density at radius 1 is 1.21 bits per heavy atom. The number of nitrogens with zero attached hydrogens (tertiary/aromatic N) is 2. The lowest BCUT2D eigenvalue weighted by atomic mass is 10.1. The van der Waals surface area contributed by atoms with Crippen molar-refractivity contribution < 1.29 is 19.4 Å². The zero-order valence-electron chi connectivity index (χ0n) is 16.2. The number of amides is 1. The molecule has 2 aromatic rings. The average molecular weight is 394 g/mol. The van der Waals surface area contributed by atoms with Crippen LogP contribution in [0.25, 0.3) is 6.08 Å². The molecule has 4 rings (SSSR count). The number of benzene rings is 2. The van der Waals surface area contributed by atoms with E-state index < -0.39 is 4.92 Å². The van der Waals surface area contributed by atoms with E-state index in [4.69, 9.17) is 4.74 Å². The Morgan fingerprint density at radius 3 is 2.83 bits per heavy atom. The highest BCUT2D eigenvalue weighted by Gasteiger charge is 2.23. The largest absolute Gasteiger partial charge is 0.493 e. The molecule has 7 heteroatoms. The molecule has 0 unspecified atom stereocenters. The van der Waals surface area contributed by atoms with Crippen LogP contribution in [0.3, 0.4) is 0 Å². The summed E-state index contributed by atoms with van der Waals surface area (Å²) < 4.78 is 5.57. The summed E-state index contributed by atoms with van der Waals surface area (Å²) in [4.78, 5) is 26.2. The molecule has 2 aliphatic rings. The van der Waals surface area contributed by atoms with Crippen LogP contribution < -0.4 is 9.64 Å². The number of non-ortho nitro benzene ring substituents is 1. The Labute approximate surface area is 169 Å². The number of ether oxygens (including phenoxy) is 1. The molecule has 1 fully saturated rings. The molecular formula is C22H24N3O4+. The number of quaternary nitrogens is 1. The van der Waals surface area contributed by atoms with Crippen molar-refractivity contribution in [2.45, 2.75) is 13.0 Å². The molecule has 0 atom stereocenters. The van der Waals surface area contributed by atoms with Crippen LogP contribution in [0, 0.1) is 10.1 Å². The molecule has 0 aliphatic carbocycles. The molecule has 2 aromatic carbocycles. The Balaban J connectivity index is 1.29. The van der Waals surface area contributed by atoms with E-state index in [1.54, 1.807) is 18.2 Å². The number of nitro benzene ring substituents is 1. The van der Waals surface area contributed by atoms with Gasteiger partial charge in [0, 0.05) is 30.2 Å². The molecule has 1 amide bonds. The van der Waals surface area contributed by atoms with Gasteiger partial charge < -0.3 is 14.5 Å². The number of carbonyl (C=O) groups is 1. The van der Waals surface area contributed by atoms with Gasteiger partial charge in [-0.3, -0.25) is 14.9 Å². The fourth-order valence-corrected chi connectivity index (χ4v) is 3.87. The monoisotopic (exact) mass is 394 g/mol. The quantitative estimate of drug-likeness (QED) is 0.473. The van der Waals surface area contributed by atoms with Crippen LogP contribution in [-0.2, 0) is 17.8 Å². The van der Waals surface area contributed by atoms with Gasteiger partial charge in [-0.05, 0) is 35.4 Å². The minimum atomic E-state index is -0.435. The molecule has 2 aliphatic heterocycles. The highest BCUT2D eigenvalue weighted by molar-refractivity contribution is 5.91. The molecule has 2 heterocycles. The van der Waals surface area contributed by atoms with Gasteiger partial charge in [0.2, 0.25) is 5.91 Å². The molecule has 0 saturated carbocycles. The summed E-state index contributed by atoms with van der Waals surface area (Å²) in [5.74, 6) is 0.958. The topological polar surface area (TPSA) is 77.1 Å². The third kappa shape index (κ3) is 4.63. The highest BCUT2D eigenvalue weighted by atomic mass is 16.6. The van der Waals surface area contributed by atoms with E-state index in [1.807, 2.05) is 4.90 Å². The molecule has 29 heavy (non-hydrogen) atoms. The smallest absolute Gasteiger partial charge is 0.270 e. The lowest BCUT2D eigenvalue weighted by Gasteiger charge is -2.31. The standard InChI is InChI=1S/C22H23N3O4/c26-22(7-5-17-2-1-3-20(15-17)25(27)28)24-11-9-23(10-12-24)16-18-4-6-21-19(14-18)8-13-29-21/h1-7,14-15H,8-13,16H2/p+1/b7-5+. The lowest BCUT2D eigenvalue weighted by molar-refractivity contribution is -0.917. The first-order chi connectivity index (χ1) is 14.1. The summed E-state index contributed by atoms with van der Waals surface area (Å²) in [5, 5.41) is 10.9. The van der Waals surface area contributed by atoms with Gasteiger partial charge in [-0.25, -0.2) is 0 Å². The van der Waals surface area contributed by atoms with Gasteiger partial charge in [-0.1, -0.05) is 12.1 Å². The Bertz CT molecular complexity index is 949. The van der Waals surface area contributed by atoms with E-state index in [-0.39, 0.29) is 11.6 Å². The number of rotatable bonds is 5. The number of hydrogen-bond donors (Lipinski definition) is 1. The van der Waals surface area contributed by atoms with E-state index in [1.165, 1.54) is 34.2 Å². The molecule has 0 aromatic heterocycles. The number of nitrogens with one attached hydrogen (secondary N) is 1. The number of hydrogen-bond acceptors (Lipinski definition) is 4. The maximum Gasteiger partial charge on any atom is 0.270 e. The van der Waals surface area contributed by atoms with Gasteiger partial charge in [0.15, 0.2) is 0 Å². The van der Waals surface area contributed by atoms with Crippen molar-refractivity contribution >= 4 is 17.7 Å². The number of carbonyl (C=O) groups excluding carboxylic acids is 1. The van der Waals surface area contributed by atoms with E-state index in [0.29, 0.717) is 18.7 Å². The second-order valence-electron chi connectivity index (χ2n) is 7.48. The number of piperazine rings is 1. The minimum absolute atomic E-state index is 0.0231. The second-order valence-corrected chi connectivity index (χ2v) is 7.48. The summed E-state index contributed by atoms with van der Waals surface area (Å²) in [6.07, 6.45) is 4.13. The third-order valence-corrected chi connectivity index (χ3v) is 5.49. The predicted octanol–water partition coefficient (Wildman–Crippen LogP) is 1.47. The first kappa shape index (κ1) is 19.1.